The summed E-state index contributed by atoms with van der Waals surface area (Å²) < 4.78 is 16.6. The van der Waals surface area contributed by atoms with Crippen molar-refractivity contribution < 1.29 is 23.8 Å². The second kappa shape index (κ2) is 10.6. The summed E-state index contributed by atoms with van der Waals surface area (Å²) in [5.74, 6) is 0.961. The number of hydrogen-bond donors (Lipinski definition) is 0. The third-order valence-corrected chi connectivity index (χ3v) is 7.01. The van der Waals surface area contributed by atoms with Crippen LogP contribution in [0, 0.1) is 5.92 Å². The molecule has 0 unspecified atom stereocenters. The van der Waals surface area contributed by atoms with E-state index in [1.165, 1.54) is 0 Å². The molecule has 0 spiro atoms. The number of piperidine rings is 1. The summed E-state index contributed by atoms with van der Waals surface area (Å²) in [6.07, 6.45) is 3.17. The van der Waals surface area contributed by atoms with Crippen LogP contribution in [0.2, 0.25) is 5.02 Å². The lowest BCUT2D eigenvalue weighted by Crippen LogP contribution is -2.42. The predicted octanol–water partition coefficient (Wildman–Crippen LogP) is 4.23. The van der Waals surface area contributed by atoms with E-state index in [-0.39, 0.29) is 23.7 Å². The third-order valence-electron chi connectivity index (χ3n) is 6.78. The summed E-state index contributed by atoms with van der Waals surface area (Å²) in [4.78, 5) is 30.7. The molecule has 0 aromatic heterocycles. The minimum atomic E-state index is -0.357. The van der Waals surface area contributed by atoms with Gasteiger partial charge in [-0.2, -0.15) is 0 Å². The molecule has 2 amide bonds. The molecule has 0 radical (unpaired) electrons. The smallest absolute Gasteiger partial charge is 0.253 e. The first-order valence-electron chi connectivity index (χ1n) is 11.6. The van der Waals surface area contributed by atoms with Crippen molar-refractivity contribution in [1.82, 2.24) is 9.80 Å². The van der Waals surface area contributed by atoms with E-state index in [4.69, 9.17) is 25.8 Å². The Hall–Kier alpha value is -2.93. The molecule has 0 aliphatic carbocycles. The number of benzene rings is 2. The largest absolute Gasteiger partial charge is 0.493 e. The SMILES string of the molecule is COc1cc([C@@H]2CN(C(=O)c3cccc(Cl)c3)C[C@H]2C(=O)N2CCCCC2)cc(OC)c1OC. The van der Waals surface area contributed by atoms with Crippen molar-refractivity contribution in [3.05, 3.63) is 52.5 Å². The van der Waals surface area contributed by atoms with Gasteiger partial charge in [0.25, 0.3) is 5.91 Å². The standard InChI is InChI=1S/C26H31ClN2O5/c1-32-22-13-18(14-23(33-2)24(22)34-3)20-15-29(25(30)17-8-7-9-19(27)12-17)16-21(20)26(31)28-10-5-4-6-11-28/h7-9,12-14,20-21H,4-6,10-11,15-16H2,1-3H3/t20-,21+/m0/s1. The fourth-order valence-corrected chi connectivity index (χ4v) is 5.22. The first-order valence-corrected chi connectivity index (χ1v) is 12.0. The molecule has 0 saturated carbocycles. The summed E-state index contributed by atoms with van der Waals surface area (Å²) >= 11 is 6.12. The number of nitrogens with zero attached hydrogens (tertiary/aromatic N) is 2. The molecule has 182 valence electrons. The predicted molar refractivity (Wildman–Crippen MR) is 130 cm³/mol. The van der Waals surface area contributed by atoms with Crippen molar-refractivity contribution in [3.8, 4) is 17.2 Å². The van der Waals surface area contributed by atoms with Gasteiger partial charge in [0.15, 0.2) is 11.5 Å². The minimum Gasteiger partial charge on any atom is -0.493 e. The lowest BCUT2D eigenvalue weighted by atomic mass is 9.87. The molecule has 2 heterocycles. The van der Waals surface area contributed by atoms with Gasteiger partial charge in [-0.1, -0.05) is 17.7 Å². The molecular weight excluding hydrogens is 456 g/mol. The van der Waals surface area contributed by atoms with Crippen LogP contribution in [0.3, 0.4) is 0 Å². The van der Waals surface area contributed by atoms with E-state index in [0.717, 1.165) is 37.9 Å². The van der Waals surface area contributed by atoms with Gasteiger partial charge < -0.3 is 24.0 Å². The molecule has 2 fully saturated rings. The second-order valence-corrected chi connectivity index (χ2v) is 9.21. The summed E-state index contributed by atoms with van der Waals surface area (Å²) in [5, 5.41) is 0.507. The van der Waals surface area contributed by atoms with Crippen molar-refractivity contribution in [2.24, 2.45) is 5.92 Å². The van der Waals surface area contributed by atoms with E-state index in [1.807, 2.05) is 17.0 Å². The van der Waals surface area contributed by atoms with Crippen molar-refractivity contribution in [1.29, 1.82) is 0 Å². The summed E-state index contributed by atoms with van der Waals surface area (Å²) in [5.41, 5.74) is 1.40. The maximum Gasteiger partial charge on any atom is 0.253 e. The molecule has 2 aliphatic rings. The highest BCUT2D eigenvalue weighted by molar-refractivity contribution is 6.30. The fraction of sp³-hybridized carbons (Fsp3) is 0.462. The summed E-state index contributed by atoms with van der Waals surface area (Å²) in [6, 6.07) is 10.7. The zero-order valence-electron chi connectivity index (χ0n) is 19.9. The van der Waals surface area contributed by atoms with Crippen molar-refractivity contribution in [3.63, 3.8) is 0 Å². The molecular formula is C26H31ClN2O5. The number of hydrogen-bond acceptors (Lipinski definition) is 5. The second-order valence-electron chi connectivity index (χ2n) is 8.78. The van der Waals surface area contributed by atoms with Gasteiger partial charge in [0, 0.05) is 42.7 Å². The molecule has 2 aromatic carbocycles. The van der Waals surface area contributed by atoms with Crippen molar-refractivity contribution >= 4 is 23.4 Å². The Morgan fingerprint density at radius 2 is 1.56 bits per heavy atom. The average Bonchev–Trinajstić information content (AvgIpc) is 3.32. The van der Waals surface area contributed by atoms with Crippen LogP contribution in [0.5, 0.6) is 17.2 Å². The van der Waals surface area contributed by atoms with Gasteiger partial charge in [0.1, 0.15) is 0 Å². The fourth-order valence-electron chi connectivity index (χ4n) is 5.03. The number of ether oxygens (including phenoxy) is 3. The highest BCUT2D eigenvalue weighted by Crippen LogP contribution is 2.44. The van der Waals surface area contributed by atoms with E-state index in [1.54, 1.807) is 50.5 Å². The van der Waals surface area contributed by atoms with Gasteiger partial charge in [0.2, 0.25) is 11.7 Å². The number of amides is 2. The van der Waals surface area contributed by atoms with Gasteiger partial charge in [0.05, 0.1) is 27.2 Å². The van der Waals surface area contributed by atoms with Gasteiger partial charge in [-0.3, -0.25) is 9.59 Å². The van der Waals surface area contributed by atoms with Crippen LogP contribution >= 0.6 is 11.6 Å². The van der Waals surface area contributed by atoms with Crippen LogP contribution in [0.1, 0.15) is 41.1 Å². The van der Waals surface area contributed by atoms with Gasteiger partial charge >= 0.3 is 0 Å². The lowest BCUT2D eigenvalue weighted by Gasteiger charge is -2.31. The minimum absolute atomic E-state index is 0.0971. The zero-order chi connectivity index (χ0) is 24.2. The molecule has 0 N–H and O–H groups in total. The molecule has 2 aromatic rings. The monoisotopic (exact) mass is 486 g/mol. The van der Waals surface area contributed by atoms with Gasteiger partial charge in [-0.25, -0.2) is 0 Å². The van der Waals surface area contributed by atoms with Crippen molar-refractivity contribution in [2.45, 2.75) is 25.2 Å². The molecule has 2 aliphatic heterocycles. The lowest BCUT2D eigenvalue weighted by molar-refractivity contribution is -0.136. The Kier molecular flexibility index (Phi) is 7.51. The number of methoxy groups -OCH3 is 3. The first kappa shape index (κ1) is 24.2. The number of halogens is 1. The Morgan fingerprint density at radius 3 is 2.15 bits per heavy atom. The van der Waals surface area contributed by atoms with E-state index < -0.39 is 0 Å². The topological polar surface area (TPSA) is 68.3 Å². The van der Waals surface area contributed by atoms with E-state index >= 15 is 0 Å². The maximum atomic E-state index is 13.7. The first-order chi connectivity index (χ1) is 16.5. The molecule has 2 atom stereocenters. The van der Waals surface area contributed by atoms with Crippen LogP contribution in [0.15, 0.2) is 36.4 Å². The van der Waals surface area contributed by atoms with E-state index in [2.05, 4.69) is 0 Å². The Morgan fingerprint density at radius 1 is 0.882 bits per heavy atom. The molecule has 2 saturated heterocycles. The molecule has 8 heteroatoms. The van der Waals surface area contributed by atoms with E-state index in [0.29, 0.717) is 40.9 Å². The average molecular weight is 487 g/mol. The maximum absolute atomic E-state index is 13.7. The molecule has 4 rings (SSSR count). The highest BCUT2D eigenvalue weighted by atomic mass is 35.5. The zero-order valence-corrected chi connectivity index (χ0v) is 20.6. The van der Waals surface area contributed by atoms with Crippen LogP contribution in [0.4, 0.5) is 0 Å². The molecule has 0 bridgehead atoms. The van der Waals surface area contributed by atoms with Crippen LogP contribution < -0.4 is 14.2 Å². The normalized spacial score (nSPS) is 20.2. The summed E-state index contributed by atoms with van der Waals surface area (Å²) in [6.45, 7) is 2.29. The third kappa shape index (κ3) is 4.80. The Balaban J connectivity index is 1.70. The van der Waals surface area contributed by atoms with Crippen LogP contribution in [-0.4, -0.2) is 69.1 Å². The van der Waals surface area contributed by atoms with Crippen LogP contribution in [-0.2, 0) is 4.79 Å². The Labute approximate surface area is 205 Å². The number of carbonyl (C=O) groups is 2. The van der Waals surface area contributed by atoms with Crippen LogP contribution in [0.25, 0.3) is 0 Å². The highest BCUT2D eigenvalue weighted by Gasteiger charge is 2.43. The quantitative estimate of drug-likeness (QED) is 0.611. The van der Waals surface area contributed by atoms with Gasteiger partial charge in [-0.05, 0) is 55.2 Å². The Bertz CT molecular complexity index is 1030. The summed E-state index contributed by atoms with van der Waals surface area (Å²) in [7, 11) is 4.70. The number of rotatable bonds is 6. The van der Waals surface area contributed by atoms with E-state index in [9.17, 15) is 9.59 Å². The molecule has 34 heavy (non-hydrogen) atoms. The van der Waals surface area contributed by atoms with Gasteiger partial charge in [-0.15, -0.1) is 0 Å². The molecule has 7 nitrogen and oxygen atoms in total. The van der Waals surface area contributed by atoms with Crippen molar-refractivity contribution in [2.75, 3.05) is 47.5 Å². The number of likely N-dealkylation sites (tertiary alicyclic amines) is 2. The number of carbonyl (C=O) groups excluding carboxylic acids is 2.